The summed E-state index contributed by atoms with van der Waals surface area (Å²) in [6.07, 6.45) is 1.20. The van der Waals surface area contributed by atoms with Crippen molar-refractivity contribution in [3.63, 3.8) is 0 Å². The van der Waals surface area contributed by atoms with Crippen LogP contribution in [0.5, 0.6) is 5.75 Å². The van der Waals surface area contributed by atoms with Gasteiger partial charge in [-0.3, -0.25) is 0 Å². The van der Waals surface area contributed by atoms with E-state index in [4.69, 9.17) is 4.74 Å². The first-order valence-electron chi connectivity index (χ1n) is 6.17. The summed E-state index contributed by atoms with van der Waals surface area (Å²) in [5.74, 6) is 0.863. The van der Waals surface area contributed by atoms with Crippen LogP contribution in [0.4, 0.5) is 0 Å². The molecule has 0 saturated heterocycles. The molecular formula is C15H17BrO2S. The van der Waals surface area contributed by atoms with E-state index in [1.54, 1.807) is 18.4 Å². The Hall–Kier alpha value is -0.840. The predicted octanol–water partition coefficient (Wildman–Crippen LogP) is 4.49. The van der Waals surface area contributed by atoms with E-state index in [-0.39, 0.29) is 0 Å². The van der Waals surface area contributed by atoms with Crippen LogP contribution in [0.15, 0.2) is 34.1 Å². The van der Waals surface area contributed by atoms with E-state index in [1.165, 1.54) is 11.1 Å². The van der Waals surface area contributed by atoms with Crippen molar-refractivity contribution in [3.8, 4) is 5.75 Å². The summed E-state index contributed by atoms with van der Waals surface area (Å²) in [6, 6.07) is 10.0. The van der Waals surface area contributed by atoms with Crippen molar-refractivity contribution in [1.82, 2.24) is 0 Å². The van der Waals surface area contributed by atoms with Crippen LogP contribution in [0.2, 0.25) is 0 Å². The Labute approximate surface area is 126 Å². The predicted molar refractivity (Wildman–Crippen MR) is 83.0 cm³/mol. The van der Waals surface area contributed by atoms with Gasteiger partial charge in [-0.05, 0) is 65.0 Å². The maximum Gasteiger partial charge on any atom is 0.118 e. The number of aliphatic hydroxyl groups excluding tert-OH is 1. The molecule has 0 aliphatic carbocycles. The van der Waals surface area contributed by atoms with Gasteiger partial charge in [0.15, 0.2) is 0 Å². The molecule has 1 atom stereocenters. The molecule has 4 heteroatoms. The van der Waals surface area contributed by atoms with Gasteiger partial charge in [-0.15, -0.1) is 11.3 Å². The van der Waals surface area contributed by atoms with Crippen molar-refractivity contribution >= 4 is 27.3 Å². The van der Waals surface area contributed by atoms with E-state index >= 15 is 0 Å². The van der Waals surface area contributed by atoms with Gasteiger partial charge < -0.3 is 9.84 Å². The molecule has 1 heterocycles. The maximum atomic E-state index is 10.2. The minimum Gasteiger partial charge on any atom is -0.497 e. The largest absolute Gasteiger partial charge is 0.497 e. The van der Waals surface area contributed by atoms with Crippen molar-refractivity contribution in [3.05, 3.63) is 50.1 Å². The van der Waals surface area contributed by atoms with Crippen LogP contribution in [-0.2, 0) is 6.42 Å². The number of methoxy groups -OCH3 is 1. The lowest BCUT2D eigenvalue weighted by atomic mass is 10.1. The van der Waals surface area contributed by atoms with E-state index in [9.17, 15) is 5.11 Å². The molecule has 0 saturated carbocycles. The average molecular weight is 341 g/mol. The standard InChI is InChI=1S/C15H17BrO2S/c1-10-9-14(19-15(10)16)13(17)8-5-11-3-6-12(18-2)7-4-11/h3-4,6-7,9,13,17H,5,8H2,1-2H3. The summed E-state index contributed by atoms with van der Waals surface area (Å²) in [5.41, 5.74) is 2.40. The van der Waals surface area contributed by atoms with Gasteiger partial charge >= 0.3 is 0 Å². The summed E-state index contributed by atoms with van der Waals surface area (Å²) in [7, 11) is 1.66. The highest BCUT2D eigenvalue weighted by Crippen LogP contribution is 2.33. The molecule has 19 heavy (non-hydrogen) atoms. The molecule has 2 nitrogen and oxygen atoms in total. The molecule has 1 N–H and O–H groups in total. The maximum absolute atomic E-state index is 10.2. The minimum absolute atomic E-state index is 0.392. The van der Waals surface area contributed by atoms with Crippen LogP contribution in [0.25, 0.3) is 0 Å². The lowest BCUT2D eigenvalue weighted by Gasteiger charge is -2.08. The van der Waals surface area contributed by atoms with Gasteiger partial charge in [0.05, 0.1) is 17.0 Å². The molecule has 1 unspecified atom stereocenters. The first-order chi connectivity index (χ1) is 9.10. The van der Waals surface area contributed by atoms with Gasteiger partial charge in [0.2, 0.25) is 0 Å². The molecule has 2 aromatic rings. The van der Waals surface area contributed by atoms with Gasteiger partial charge in [-0.2, -0.15) is 0 Å². The number of aliphatic hydroxyl groups is 1. The van der Waals surface area contributed by atoms with E-state index in [0.717, 1.165) is 27.3 Å². The Kier molecular flexibility index (Phi) is 5.02. The van der Waals surface area contributed by atoms with E-state index in [0.29, 0.717) is 0 Å². The topological polar surface area (TPSA) is 29.5 Å². The number of thiophene rings is 1. The molecule has 2 rings (SSSR count). The van der Waals surface area contributed by atoms with Gasteiger partial charge in [-0.1, -0.05) is 12.1 Å². The molecule has 0 aliphatic rings. The van der Waals surface area contributed by atoms with Gasteiger partial charge in [0.25, 0.3) is 0 Å². The number of hydrogen-bond acceptors (Lipinski definition) is 3. The molecule has 0 radical (unpaired) electrons. The first kappa shape index (κ1) is 14.6. The highest BCUT2D eigenvalue weighted by molar-refractivity contribution is 9.11. The molecule has 0 amide bonds. The zero-order valence-electron chi connectivity index (χ0n) is 11.0. The second-order valence-corrected chi connectivity index (χ2v) is 6.91. The number of benzene rings is 1. The van der Waals surface area contributed by atoms with Gasteiger partial charge in [0.1, 0.15) is 5.75 Å². The summed E-state index contributed by atoms with van der Waals surface area (Å²) in [4.78, 5) is 1.03. The SMILES string of the molecule is COc1ccc(CCC(O)c2cc(C)c(Br)s2)cc1. The fraction of sp³-hybridized carbons (Fsp3) is 0.333. The smallest absolute Gasteiger partial charge is 0.118 e. The second-order valence-electron chi connectivity index (χ2n) is 4.51. The third kappa shape index (κ3) is 3.81. The zero-order valence-corrected chi connectivity index (χ0v) is 13.4. The van der Waals surface area contributed by atoms with Crippen LogP contribution in [0, 0.1) is 6.92 Å². The third-order valence-electron chi connectivity index (χ3n) is 3.07. The molecule has 1 aromatic carbocycles. The van der Waals surface area contributed by atoms with Crippen molar-refractivity contribution < 1.29 is 9.84 Å². The van der Waals surface area contributed by atoms with E-state index < -0.39 is 6.10 Å². The summed E-state index contributed by atoms with van der Waals surface area (Å²) in [5, 5.41) is 10.2. The number of ether oxygens (including phenoxy) is 1. The quantitative estimate of drug-likeness (QED) is 0.868. The Bertz CT molecular complexity index is 514. The Morgan fingerprint density at radius 2 is 2.00 bits per heavy atom. The van der Waals surface area contributed by atoms with Crippen molar-refractivity contribution in [2.45, 2.75) is 25.9 Å². The first-order valence-corrected chi connectivity index (χ1v) is 7.78. The lowest BCUT2D eigenvalue weighted by molar-refractivity contribution is 0.171. The summed E-state index contributed by atoms with van der Waals surface area (Å²) in [6.45, 7) is 2.04. The highest BCUT2D eigenvalue weighted by Gasteiger charge is 2.12. The molecular weight excluding hydrogens is 324 g/mol. The Morgan fingerprint density at radius 3 is 2.53 bits per heavy atom. The van der Waals surface area contributed by atoms with E-state index in [1.807, 2.05) is 37.3 Å². The molecule has 0 aliphatic heterocycles. The number of aryl methyl sites for hydroxylation is 2. The Balaban J connectivity index is 1.94. The lowest BCUT2D eigenvalue weighted by Crippen LogP contribution is -1.97. The van der Waals surface area contributed by atoms with Crippen molar-refractivity contribution in [2.24, 2.45) is 0 Å². The van der Waals surface area contributed by atoms with Gasteiger partial charge in [-0.25, -0.2) is 0 Å². The second kappa shape index (κ2) is 6.55. The number of rotatable bonds is 5. The van der Waals surface area contributed by atoms with Crippen LogP contribution in [0.3, 0.4) is 0 Å². The normalized spacial score (nSPS) is 12.4. The molecule has 1 aromatic heterocycles. The molecule has 0 fully saturated rings. The molecule has 0 spiro atoms. The summed E-state index contributed by atoms with van der Waals surface area (Å²) < 4.78 is 6.23. The average Bonchev–Trinajstić information content (AvgIpc) is 2.77. The third-order valence-corrected chi connectivity index (χ3v) is 5.31. The van der Waals surface area contributed by atoms with E-state index in [2.05, 4.69) is 15.9 Å². The fourth-order valence-electron chi connectivity index (χ4n) is 1.89. The summed E-state index contributed by atoms with van der Waals surface area (Å²) >= 11 is 5.10. The van der Waals surface area contributed by atoms with Crippen molar-refractivity contribution in [2.75, 3.05) is 7.11 Å². The highest BCUT2D eigenvalue weighted by atomic mass is 79.9. The molecule has 0 bridgehead atoms. The van der Waals surface area contributed by atoms with Crippen LogP contribution in [-0.4, -0.2) is 12.2 Å². The molecule has 102 valence electrons. The zero-order chi connectivity index (χ0) is 13.8. The van der Waals surface area contributed by atoms with Crippen LogP contribution >= 0.6 is 27.3 Å². The van der Waals surface area contributed by atoms with Crippen LogP contribution < -0.4 is 4.74 Å². The monoisotopic (exact) mass is 340 g/mol. The number of hydrogen-bond donors (Lipinski definition) is 1. The fourth-order valence-corrected chi connectivity index (χ4v) is 3.48. The van der Waals surface area contributed by atoms with Gasteiger partial charge in [0, 0.05) is 4.88 Å². The van der Waals surface area contributed by atoms with Crippen molar-refractivity contribution in [1.29, 1.82) is 0 Å². The Morgan fingerprint density at radius 1 is 1.32 bits per heavy atom. The number of halogens is 1. The minimum atomic E-state index is -0.392. The van der Waals surface area contributed by atoms with Crippen LogP contribution in [0.1, 0.15) is 28.5 Å².